The number of aromatic nitrogens is 3. The van der Waals surface area contributed by atoms with Crippen molar-refractivity contribution in [1.82, 2.24) is 19.9 Å². The Bertz CT molecular complexity index is 440. The Morgan fingerprint density at radius 1 is 1.05 bits per heavy atom. The predicted octanol–water partition coefficient (Wildman–Crippen LogP) is 0.222. The van der Waals surface area contributed by atoms with Gasteiger partial charge in [0.1, 0.15) is 5.82 Å². The van der Waals surface area contributed by atoms with E-state index >= 15 is 0 Å². The number of nitrogens with zero attached hydrogens (tertiary/aromatic N) is 5. The van der Waals surface area contributed by atoms with Crippen LogP contribution in [0.5, 0.6) is 0 Å². The van der Waals surface area contributed by atoms with Crippen molar-refractivity contribution in [3.63, 3.8) is 0 Å². The lowest BCUT2D eigenvalue weighted by Gasteiger charge is -2.33. The summed E-state index contributed by atoms with van der Waals surface area (Å²) in [7, 11) is 5.90. The summed E-state index contributed by atoms with van der Waals surface area (Å²) in [6, 6.07) is 0.920. The van der Waals surface area contributed by atoms with E-state index in [0.29, 0.717) is 24.6 Å². The Balaban J connectivity index is 2.02. The fraction of sp³-hybridized carbons (Fsp3) is 0.769. The third-order valence-electron chi connectivity index (χ3n) is 3.84. The molecule has 0 bridgehead atoms. The molecule has 1 heterocycles. The van der Waals surface area contributed by atoms with Crippen molar-refractivity contribution >= 4 is 11.9 Å². The normalized spacial score (nSPS) is 23.1. The number of nitrogens with two attached hydrogens (primary N) is 2. The molecule has 0 radical (unpaired) electrons. The van der Waals surface area contributed by atoms with Gasteiger partial charge in [-0.1, -0.05) is 0 Å². The van der Waals surface area contributed by atoms with Gasteiger partial charge < -0.3 is 16.4 Å². The summed E-state index contributed by atoms with van der Waals surface area (Å²) < 4.78 is 0. The molecule has 20 heavy (non-hydrogen) atoms. The van der Waals surface area contributed by atoms with Crippen LogP contribution in [0.25, 0.3) is 0 Å². The van der Waals surface area contributed by atoms with Crippen LogP contribution in [0.3, 0.4) is 0 Å². The standard InChI is InChI=1S/C13H25N7/c1-19(2)13-17-11(16-12(15)18-13)8-20(3)10-6-4-9(14)5-7-10/h9-10H,4-8,14H2,1-3H3,(H2,15,16,17,18). The highest BCUT2D eigenvalue weighted by Gasteiger charge is 2.22. The molecule has 1 saturated carbocycles. The zero-order valence-electron chi connectivity index (χ0n) is 12.6. The highest BCUT2D eigenvalue weighted by molar-refractivity contribution is 5.32. The minimum Gasteiger partial charge on any atom is -0.368 e. The molecule has 0 amide bonds. The topological polar surface area (TPSA) is 97.2 Å². The third-order valence-corrected chi connectivity index (χ3v) is 3.84. The molecule has 0 spiro atoms. The van der Waals surface area contributed by atoms with Crippen LogP contribution in [-0.4, -0.2) is 53.1 Å². The van der Waals surface area contributed by atoms with Crippen molar-refractivity contribution < 1.29 is 0 Å². The van der Waals surface area contributed by atoms with Crippen LogP contribution in [0.4, 0.5) is 11.9 Å². The fourth-order valence-corrected chi connectivity index (χ4v) is 2.59. The zero-order chi connectivity index (χ0) is 14.7. The summed E-state index contributed by atoms with van der Waals surface area (Å²) in [5, 5.41) is 0. The summed E-state index contributed by atoms with van der Waals surface area (Å²) in [4.78, 5) is 16.9. The number of hydrogen-bond acceptors (Lipinski definition) is 7. The van der Waals surface area contributed by atoms with E-state index in [1.807, 2.05) is 19.0 Å². The maximum atomic E-state index is 5.95. The molecule has 1 fully saturated rings. The number of nitrogen functional groups attached to an aromatic ring is 1. The van der Waals surface area contributed by atoms with Gasteiger partial charge in [0.05, 0.1) is 6.54 Å². The van der Waals surface area contributed by atoms with E-state index in [1.54, 1.807) is 0 Å². The lowest BCUT2D eigenvalue weighted by molar-refractivity contribution is 0.172. The van der Waals surface area contributed by atoms with E-state index in [0.717, 1.165) is 31.5 Å². The van der Waals surface area contributed by atoms with Gasteiger partial charge in [0.25, 0.3) is 0 Å². The second kappa shape index (κ2) is 6.32. The monoisotopic (exact) mass is 279 g/mol. The van der Waals surface area contributed by atoms with Gasteiger partial charge in [-0.2, -0.15) is 15.0 Å². The number of anilines is 2. The lowest BCUT2D eigenvalue weighted by Crippen LogP contribution is -2.38. The Hall–Kier alpha value is -1.47. The van der Waals surface area contributed by atoms with Crippen LogP contribution in [0.15, 0.2) is 0 Å². The maximum absolute atomic E-state index is 5.95. The Kier molecular flexibility index (Phi) is 4.72. The first-order chi connectivity index (χ1) is 9.45. The van der Waals surface area contributed by atoms with Crippen molar-refractivity contribution in [2.75, 3.05) is 31.8 Å². The maximum Gasteiger partial charge on any atom is 0.229 e. The Morgan fingerprint density at radius 3 is 2.30 bits per heavy atom. The fourth-order valence-electron chi connectivity index (χ4n) is 2.59. The van der Waals surface area contributed by atoms with Gasteiger partial charge >= 0.3 is 0 Å². The second-order valence-corrected chi connectivity index (χ2v) is 5.79. The van der Waals surface area contributed by atoms with E-state index in [1.165, 1.54) is 0 Å². The van der Waals surface area contributed by atoms with Crippen LogP contribution in [0, 0.1) is 0 Å². The number of hydrogen-bond donors (Lipinski definition) is 2. The average Bonchev–Trinajstić information content (AvgIpc) is 2.38. The van der Waals surface area contributed by atoms with Gasteiger partial charge in [-0.3, -0.25) is 4.90 Å². The molecule has 2 rings (SSSR count). The Morgan fingerprint density at radius 2 is 1.70 bits per heavy atom. The molecule has 112 valence electrons. The van der Waals surface area contributed by atoms with E-state index in [-0.39, 0.29) is 5.95 Å². The SMILES string of the molecule is CN(C)c1nc(N)nc(CN(C)C2CCC(N)CC2)n1. The van der Waals surface area contributed by atoms with Gasteiger partial charge in [0, 0.05) is 26.2 Å². The largest absolute Gasteiger partial charge is 0.368 e. The van der Waals surface area contributed by atoms with Gasteiger partial charge in [-0.25, -0.2) is 0 Å². The second-order valence-electron chi connectivity index (χ2n) is 5.79. The smallest absolute Gasteiger partial charge is 0.229 e. The molecule has 1 aliphatic carbocycles. The van der Waals surface area contributed by atoms with Crippen molar-refractivity contribution in [1.29, 1.82) is 0 Å². The zero-order valence-corrected chi connectivity index (χ0v) is 12.6. The van der Waals surface area contributed by atoms with Crippen LogP contribution >= 0.6 is 0 Å². The molecular weight excluding hydrogens is 254 g/mol. The van der Waals surface area contributed by atoms with Crippen LogP contribution in [0.1, 0.15) is 31.5 Å². The van der Waals surface area contributed by atoms with Crippen LogP contribution in [-0.2, 0) is 6.54 Å². The highest BCUT2D eigenvalue weighted by Crippen LogP contribution is 2.22. The van der Waals surface area contributed by atoms with Crippen molar-refractivity contribution in [2.24, 2.45) is 5.73 Å². The first kappa shape index (κ1) is 14.9. The average molecular weight is 279 g/mol. The molecule has 7 heteroatoms. The Labute approximate surface area is 120 Å². The minimum atomic E-state index is 0.276. The van der Waals surface area contributed by atoms with E-state index in [9.17, 15) is 0 Å². The van der Waals surface area contributed by atoms with Crippen LogP contribution in [0.2, 0.25) is 0 Å². The molecule has 1 aromatic heterocycles. The predicted molar refractivity (Wildman–Crippen MR) is 80.3 cm³/mol. The summed E-state index contributed by atoms with van der Waals surface area (Å²) >= 11 is 0. The molecule has 0 saturated heterocycles. The quantitative estimate of drug-likeness (QED) is 0.813. The van der Waals surface area contributed by atoms with Crippen molar-refractivity contribution in [2.45, 2.75) is 44.3 Å². The number of rotatable bonds is 4. The summed E-state index contributed by atoms with van der Waals surface area (Å²) in [5.41, 5.74) is 11.7. The summed E-state index contributed by atoms with van der Waals surface area (Å²) in [6.07, 6.45) is 4.46. The summed E-state index contributed by atoms with van der Waals surface area (Å²) in [5.74, 6) is 1.60. The van der Waals surface area contributed by atoms with Gasteiger partial charge in [0.15, 0.2) is 0 Å². The molecule has 7 nitrogen and oxygen atoms in total. The van der Waals surface area contributed by atoms with Crippen molar-refractivity contribution in [3.05, 3.63) is 5.82 Å². The highest BCUT2D eigenvalue weighted by atomic mass is 15.3. The van der Waals surface area contributed by atoms with E-state index in [4.69, 9.17) is 11.5 Å². The molecule has 0 atom stereocenters. The van der Waals surface area contributed by atoms with Gasteiger partial charge in [0.2, 0.25) is 11.9 Å². The molecule has 1 aromatic rings. The van der Waals surface area contributed by atoms with Gasteiger partial charge in [-0.05, 0) is 32.7 Å². The van der Waals surface area contributed by atoms with Gasteiger partial charge in [-0.15, -0.1) is 0 Å². The molecule has 0 aromatic carbocycles. The molecule has 1 aliphatic rings. The third kappa shape index (κ3) is 3.77. The molecule has 4 N–H and O–H groups in total. The minimum absolute atomic E-state index is 0.276. The molecular formula is C13H25N7. The first-order valence-corrected chi connectivity index (χ1v) is 7.09. The van der Waals surface area contributed by atoms with E-state index < -0.39 is 0 Å². The lowest BCUT2D eigenvalue weighted by atomic mass is 9.91. The summed E-state index contributed by atoms with van der Waals surface area (Å²) in [6.45, 7) is 0.688. The van der Waals surface area contributed by atoms with Crippen molar-refractivity contribution in [3.8, 4) is 0 Å². The molecule has 0 unspecified atom stereocenters. The molecule has 0 aliphatic heterocycles. The first-order valence-electron chi connectivity index (χ1n) is 7.09. The van der Waals surface area contributed by atoms with Crippen LogP contribution < -0.4 is 16.4 Å². The van der Waals surface area contributed by atoms with E-state index in [2.05, 4.69) is 26.9 Å².